The number of nitrogens with zero attached hydrogens (tertiary/aromatic N) is 4. The SMILES string of the molecule is CC(C)(C)OC(=O)CCN1C=CC(c2ncccn2)C=N1. The minimum absolute atomic E-state index is 0.0241. The standard InChI is InChI=1S/C15H20N4O2/c1-15(2,3)21-13(20)6-10-19-9-5-12(11-18-19)14-16-7-4-8-17-14/h4-5,7-9,11-12H,6,10H2,1-3H3. The number of carbonyl (C=O) groups is 1. The molecule has 2 rings (SSSR count). The van der Waals surface area contributed by atoms with Gasteiger partial charge in [0.25, 0.3) is 0 Å². The molecule has 1 atom stereocenters. The summed E-state index contributed by atoms with van der Waals surface area (Å²) in [7, 11) is 0. The third kappa shape index (κ3) is 4.98. The molecule has 0 N–H and O–H groups in total. The van der Waals surface area contributed by atoms with E-state index in [9.17, 15) is 4.79 Å². The van der Waals surface area contributed by atoms with Gasteiger partial charge in [0.1, 0.15) is 11.4 Å². The summed E-state index contributed by atoms with van der Waals surface area (Å²) in [5, 5.41) is 6.00. The molecule has 0 fully saturated rings. The Bertz CT molecular complexity index is 520. The zero-order valence-electron chi connectivity index (χ0n) is 12.6. The van der Waals surface area contributed by atoms with Crippen LogP contribution in [0.25, 0.3) is 0 Å². The van der Waals surface area contributed by atoms with E-state index in [-0.39, 0.29) is 11.9 Å². The Morgan fingerprint density at radius 1 is 1.33 bits per heavy atom. The molecule has 0 saturated heterocycles. The Hall–Kier alpha value is -2.24. The molecule has 1 aliphatic heterocycles. The van der Waals surface area contributed by atoms with Gasteiger partial charge >= 0.3 is 5.97 Å². The molecule has 1 aromatic heterocycles. The van der Waals surface area contributed by atoms with Crippen molar-refractivity contribution >= 4 is 12.2 Å². The lowest BCUT2D eigenvalue weighted by molar-refractivity contribution is -0.155. The van der Waals surface area contributed by atoms with Gasteiger partial charge in [0.2, 0.25) is 0 Å². The fourth-order valence-electron chi connectivity index (χ4n) is 1.80. The third-order valence-electron chi connectivity index (χ3n) is 2.69. The zero-order chi connectivity index (χ0) is 15.3. The number of allylic oxidation sites excluding steroid dienone is 1. The first kappa shape index (κ1) is 15.2. The number of ether oxygens (including phenoxy) is 1. The summed E-state index contributed by atoms with van der Waals surface area (Å²) >= 11 is 0. The van der Waals surface area contributed by atoms with Crippen LogP contribution >= 0.6 is 0 Å². The van der Waals surface area contributed by atoms with Crippen LogP contribution in [0.3, 0.4) is 0 Å². The second-order valence-corrected chi connectivity index (χ2v) is 5.74. The molecule has 21 heavy (non-hydrogen) atoms. The van der Waals surface area contributed by atoms with Crippen LogP contribution in [-0.2, 0) is 9.53 Å². The first-order valence-corrected chi connectivity index (χ1v) is 6.92. The van der Waals surface area contributed by atoms with E-state index < -0.39 is 5.60 Å². The average Bonchev–Trinajstić information content (AvgIpc) is 2.45. The number of hydrogen-bond acceptors (Lipinski definition) is 6. The Balaban J connectivity index is 1.81. The second-order valence-electron chi connectivity index (χ2n) is 5.74. The van der Waals surface area contributed by atoms with E-state index in [1.54, 1.807) is 29.7 Å². The molecule has 112 valence electrons. The van der Waals surface area contributed by atoms with Gasteiger partial charge in [-0.3, -0.25) is 9.80 Å². The molecule has 0 saturated carbocycles. The van der Waals surface area contributed by atoms with Gasteiger partial charge in [-0.05, 0) is 26.8 Å². The smallest absolute Gasteiger partial charge is 0.308 e. The molecule has 0 aromatic carbocycles. The normalized spacial score (nSPS) is 17.9. The van der Waals surface area contributed by atoms with Gasteiger partial charge in [-0.25, -0.2) is 9.97 Å². The molecule has 1 unspecified atom stereocenters. The summed E-state index contributed by atoms with van der Waals surface area (Å²) in [5.74, 6) is 0.466. The molecule has 0 bridgehead atoms. The summed E-state index contributed by atoms with van der Waals surface area (Å²) in [6, 6.07) is 1.78. The van der Waals surface area contributed by atoms with Crippen molar-refractivity contribution in [3.63, 3.8) is 0 Å². The van der Waals surface area contributed by atoms with Crippen molar-refractivity contribution in [1.29, 1.82) is 0 Å². The Morgan fingerprint density at radius 3 is 2.62 bits per heavy atom. The topological polar surface area (TPSA) is 67.7 Å². The van der Waals surface area contributed by atoms with Crippen molar-refractivity contribution in [2.75, 3.05) is 6.54 Å². The fraction of sp³-hybridized carbons (Fsp3) is 0.467. The molecule has 0 spiro atoms. The van der Waals surface area contributed by atoms with Crippen LogP contribution in [0, 0.1) is 0 Å². The maximum Gasteiger partial charge on any atom is 0.308 e. The first-order valence-electron chi connectivity index (χ1n) is 6.92. The van der Waals surface area contributed by atoms with Crippen molar-refractivity contribution in [3.05, 3.63) is 36.6 Å². The van der Waals surface area contributed by atoms with E-state index in [0.29, 0.717) is 18.8 Å². The van der Waals surface area contributed by atoms with Crippen LogP contribution in [0.1, 0.15) is 38.9 Å². The van der Waals surface area contributed by atoms with E-state index in [1.807, 2.05) is 33.0 Å². The van der Waals surface area contributed by atoms with E-state index in [1.165, 1.54) is 0 Å². The predicted molar refractivity (Wildman–Crippen MR) is 79.6 cm³/mol. The Labute approximate surface area is 124 Å². The molecule has 0 radical (unpaired) electrons. The van der Waals surface area contributed by atoms with Gasteiger partial charge < -0.3 is 4.74 Å². The largest absolute Gasteiger partial charge is 0.460 e. The third-order valence-corrected chi connectivity index (χ3v) is 2.69. The van der Waals surface area contributed by atoms with Gasteiger partial charge in [-0.1, -0.05) is 6.08 Å². The van der Waals surface area contributed by atoms with E-state index in [4.69, 9.17) is 4.74 Å². The fourth-order valence-corrected chi connectivity index (χ4v) is 1.80. The molecule has 6 nitrogen and oxygen atoms in total. The van der Waals surface area contributed by atoms with Gasteiger partial charge in [0.05, 0.1) is 18.9 Å². The first-order chi connectivity index (χ1) is 9.94. The quantitative estimate of drug-likeness (QED) is 0.794. The summed E-state index contributed by atoms with van der Waals surface area (Å²) < 4.78 is 5.26. The molecule has 0 amide bonds. The lowest BCUT2D eigenvalue weighted by atomic mass is 10.1. The summed E-state index contributed by atoms with van der Waals surface area (Å²) in [6.45, 7) is 6.06. The number of carbonyl (C=O) groups excluding carboxylic acids is 1. The summed E-state index contributed by atoms with van der Waals surface area (Å²) in [5.41, 5.74) is -0.451. The highest BCUT2D eigenvalue weighted by Crippen LogP contribution is 2.15. The van der Waals surface area contributed by atoms with Crippen LogP contribution in [0.4, 0.5) is 0 Å². The lowest BCUT2D eigenvalue weighted by Crippen LogP contribution is -2.26. The molecule has 1 aliphatic rings. The van der Waals surface area contributed by atoms with E-state index in [0.717, 1.165) is 0 Å². The molecule has 6 heteroatoms. The van der Waals surface area contributed by atoms with Gasteiger partial charge in [0.15, 0.2) is 0 Å². The predicted octanol–water partition coefficient (Wildman–Crippen LogP) is 2.11. The highest BCUT2D eigenvalue weighted by molar-refractivity contribution is 5.71. The van der Waals surface area contributed by atoms with Crippen LogP contribution in [0.2, 0.25) is 0 Å². The van der Waals surface area contributed by atoms with Gasteiger partial charge in [0, 0.05) is 24.8 Å². The van der Waals surface area contributed by atoms with Gasteiger partial charge in [-0.2, -0.15) is 5.10 Å². The molecular formula is C15H20N4O2. The number of rotatable bonds is 4. The number of esters is 1. The maximum absolute atomic E-state index is 11.6. The van der Waals surface area contributed by atoms with Crippen molar-refractivity contribution in [3.8, 4) is 0 Å². The number of hydrazone groups is 1. The monoisotopic (exact) mass is 288 g/mol. The van der Waals surface area contributed by atoms with Crippen molar-refractivity contribution in [2.24, 2.45) is 5.10 Å². The van der Waals surface area contributed by atoms with Crippen molar-refractivity contribution in [2.45, 2.75) is 38.7 Å². The van der Waals surface area contributed by atoms with Crippen LogP contribution in [0.15, 0.2) is 35.8 Å². The molecule has 2 heterocycles. The van der Waals surface area contributed by atoms with E-state index >= 15 is 0 Å². The zero-order valence-corrected chi connectivity index (χ0v) is 12.6. The molecule has 0 aliphatic carbocycles. The number of hydrogen-bond donors (Lipinski definition) is 0. The highest BCUT2D eigenvalue weighted by Gasteiger charge is 2.17. The molecule has 1 aromatic rings. The average molecular weight is 288 g/mol. The minimum atomic E-state index is -0.451. The van der Waals surface area contributed by atoms with Gasteiger partial charge in [-0.15, -0.1) is 0 Å². The summed E-state index contributed by atoms with van der Waals surface area (Å²) in [6.07, 6.45) is 9.27. The summed E-state index contributed by atoms with van der Waals surface area (Å²) in [4.78, 5) is 20.0. The highest BCUT2D eigenvalue weighted by atomic mass is 16.6. The Morgan fingerprint density at radius 2 is 2.05 bits per heavy atom. The van der Waals surface area contributed by atoms with Crippen molar-refractivity contribution in [1.82, 2.24) is 15.0 Å². The lowest BCUT2D eigenvalue weighted by Gasteiger charge is -2.22. The second kappa shape index (κ2) is 6.47. The minimum Gasteiger partial charge on any atom is -0.460 e. The van der Waals surface area contributed by atoms with Crippen LogP contribution < -0.4 is 0 Å². The molecular weight excluding hydrogens is 268 g/mol. The maximum atomic E-state index is 11.6. The van der Waals surface area contributed by atoms with E-state index in [2.05, 4.69) is 15.1 Å². The van der Waals surface area contributed by atoms with Crippen molar-refractivity contribution < 1.29 is 9.53 Å². The van der Waals surface area contributed by atoms with Crippen LogP contribution in [-0.4, -0.2) is 39.3 Å². The Kier molecular flexibility index (Phi) is 4.67. The van der Waals surface area contributed by atoms with Crippen LogP contribution in [0.5, 0.6) is 0 Å². The number of aromatic nitrogens is 2.